The maximum absolute atomic E-state index is 11.2. The second-order valence-electron chi connectivity index (χ2n) is 4.11. The molecular formula is C9H13ClN3O3+. The number of aromatic amines is 2. The summed E-state index contributed by atoms with van der Waals surface area (Å²) in [5.41, 5.74) is -0.929. The zero-order valence-corrected chi connectivity index (χ0v) is 9.38. The van der Waals surface area contributed by atoms with Gasteiger partial charge in [0.2, 0.25) is 0 Å². The molecule has 0 spiro atoms. The van der Waals surface area contributed by atoms with Gasteiger partial charge >= 0.3 is 5.69 Å². The van der Waals surface area contributed by atoms with Gasteiger partial charge in [-0.15, -0.1) is 0 Å². The van der Waals surface area contributed by atoms with E-state index in [0.29, 0.717) is 18.8 Å². The number of rotatable bonds is 2. The molecule has 0 saturated carbocycles. The lowest BCUT2D eigenvalue weighted by Crippen LogP contribution is -2.42. The molecule has 1 aromatic rings. The monoisotopic (exact) mass is 246 g/mol. The van der Waals surface area contributed by atoms with E-state index in [1.54, 1.807) is 0 Å². The first-order valence-corrected chi connectivity index (χ1v) is 5.48. The summed E-state index contributed by atoms with van der Waals surface area (Å²) >= 11 is 5.77. The van der Waals surface area contributed by atoms with Gasteiger partial charge in [-0.25, -0.2) is 10.0 Å². The summed E-state index contributed by atoms with van der Waals surface area (Å²) in [7, 11) is 0. The van der Waals surface area contributed by atoms with Gasteiger partial charge in [0.25, 0.3) is 5.56 Å². The minimum atomic E-state index is -0.619. The molecule has 0 aliphatic carbocycles. The van der Waals surface area contributed by atoms with Crippen molar-refractivity contribution in [3.05, 3.63) is 31.6 Å². The van der Waals surface area contributed by atoms with E-state index in [4.69, 9.17) is 11.6 Å². The normalized spacial score (nSPS) is 18.9. The fourth-order valence-corrected chi connectivity index (χ4v) is 2.16. The number of nitrogens with one attached hydrogen (secondary N) is 2. The van der Waals surface area contributed by atoms with Crippen LogP contribution >= 0.6 is 11.6 Å². The lowest BCUT2D eigenvalue weighted by molar-refractivity contribution is -1.10. The molecule has 1 aliphatic rings. The number of quaternary nitrogens is 1. The Kier molecular flexibility index (Phi) is 2.88. The number of H-pyrrole nitrogens is 2. The van der Waals surface area contributed by atoms with E-state index < -0.39 is 11.2 Å². The highest BCUT2D eigenvalue weighted by molar-refractivity contribution is 6.30. The lowest BCUT2D eigenvalue weighted by atomic mass is 10.3. The number of hydroxylamine groups is 3. The minimum absolute atomic E-state index is 0.0574. The Morgan fingerprint density at radius 1 is 1.25 bits per heavy atom. The number of likely N-dealkylation sites (tertiary alicyclic amines) is 1. The molecule has 0 bridgehead atoms. The molecule has 0 radical (unpaired) electrons. The Balaban J connectivity index is 2.34. The maximum Gasteiger partial charge on any atom is 0.326 e. The molecule has 2 heterocycles. The molecule has 2 rings (SSSR count). The Labute approximate surface area is 96.0 Å². The molecule has 6 nitrogen and oxygen atoms in total. The lowest BCUT2D eigenvalue weighted by Gasteiger charge is -2.24. The first kappa shape index (κ1) is 11.4. The molecular weight excluding hydrogens is 234 g/mol. The zero-order chi connectivity index (χ0) is 11.8. The van der Waals surface area contributed by atoms with Crippen molar-refractivity contribution in [1.29, 1.82) is 0 Å². The van der Waals surface area contributed by atoms with Gasteiger partial charge in [0, 0.05) is 12.8 Å². The van der Waals surface area contributed by atoms with Crippen LogP contribution in [0.25, 0.3) is 0 Å². The van der Waals surface area contributed by atoms with Gasteiger partial charge in [-0.2, -0.15) is 4.65 Å². The first-order valence-electron chi connectivity index (χ1n) is 5.10. The minimum Gasteiger partial charge on any atom is -0.305 e. The number of nitrogens with zero attached hydrogens (tertiary/aromatic N) is 1. The van der Waals surface area contributed by atoms with Gasteiger partial charge in [-0.1, -0.05) is 11.6 Å². The average molecular weight is 247 g/mol. The van der Waals surface area contributed by atoms with E-state index >= 15 is 0 Å². The molecule has 3 N–H and O–H groups in total. The highest BCUT2D eigenvalue weighted by Gasteiger charge is 2.32. The molecule has 1 fully saturated rings. The molecule has 1 aromatic heterocycles. The predicted molar refractivity (Wildman–Crippen MR) is 57.4 cm³/mol. The maximum atomic E-state index is 11.2. The number of halogens is 1. The van der Waals surface area contributed by atoms with Crippen LogP contribution in [0.2, 0.25) is 5.02 Å². The van der Waals surface area contributed by atoms with Crippen LogP contribution in [0.4, 0.5) is 0 Å². The Morgan fingerprint density at radius 3 is 2.50 bits per heavy atom. The van der Waals surface area contributed by atoms with Crippen LogP contribution in [-0.4, -0.2) is 32.9 Å². The van der Waals surface area contributed by atoms with Gasteiger partial charge in [-0.3, -0.25) is 9.78 Å². The molecule has 1 saturated heterocycles. The Bertz CT molecular complexity index is 501. The number of hydrogen-bond donors (Lipinski definition) is 3. The smallest absolute Gasteiger partial charge is 0.305 e. The fourth-order valence-electron chi connectivity index (χ4n) is 2.00. The van der Waals surface area contributed by atoms with Crippen LogP contribution in [0.15, 0.2) is 9.59 Å². The third-order valence-electron chi connectivity index (χ3n) is 2.81. The van der Waals surface area contributed by atoms with Crippen molar-refractivity contribution in [2.75, 3.05) is 13.1 Å². The summed E-state index contributed by atoms with van der Waals surface area (Å²) in [5, 5.41) is 10.0. The summed E-state index contributed by atoms with van der Waals surface area (Å²) in [5.74, 6) is 0. The van der Waals surface area contributed by atoms with E-state index in [0.717, 1.165) is 12.8 Å². The molecule has 0 amide bonds. The average Bonchev–Trinajstić information content (AvgIpc) is 2.61. The third kappa shape index (κ3) is 2.18. The van der Waals surface area contributed by atoms with Gasteiger partial charge in [-0.05, 0) is 0 Å². The van der Waals surface area contributed by atoms with Crippen LogP contribution in [0.5, 0.6) is 0 Å². The second-order valence-corrected chi connectivity index (χ2v) is 4.49. The standard InChI is InChI=1S/C9H12ClN3O3/c10-7-6(11-9(15)12-8(7)14)5-13(16)3-1-2-4-13/h16H,1-5H2,(H-,11,12,14,15)/p+1. The van der Waals surface area contributed by atoms with Crippen molar-refractivity contribution in [2.24, 2.45) is 0 Å². The fraction of sp³-hybridized carbons (Fsp3) is 0.556. The highest BCUT2D eigenvalue weighted by atomic mass is 35.5. The van der Waals surface area contributed by atoms with E-state index in [2.05, 4.69) is 4.98 Å². The van der Waals surface area contributed by atoms with Crippen molar-refractivity contribution >= 4 is 11.6 Å². The highest BCUT2D eigenvalue weighted by Crippen LogP contribution is 2.20. The van der Waals surface area contributed by atoms with Gasteiger partial charge in [0.1, 0.15) is 23.8 Å². The first-order chi connectivity index (χ1) is 7.50. The van der Waals surface area contributed by atoms with Crippen LogP contribution in [0.3, 0.4) is 0 Å². The number of aromatic nitrogens is 2. The van der Waals surface area contributed by atoms with Crippen molar-refractivity contribution in [3.8, 4) is 0 Å². The third-order valence-corrected chi connectivity index (χ3v) is 3.21. The van der Waals surface area contributed by atoms with Crippen molar-refractivity contribution in [2.45, 2.75) is 19.4 Å². The topological polar surface area (TPSA) is 85.9 Å². The molecule has 0 aromatic carbocycles. The van der Waals surface area contributed by atoms with E-state index in [1.165, 1.54) is 0 Å². The van der Waals surface area contributed by atoms with Crippen molar-refractivity contribution < 1.29 is 9.85 Å². The molecule has 16 heavy (non-hydrogen) atoms. The summed E-state index contributed by atoms with van der Waals surface area (Å²) < 4.78 is -0.168. The predicted octanol–water partition coefficient (Wildman–Crippen LogP) is 0.216. The molecule has 88 valence electrons. The number of hydrogen-bond acceptors (Lipinski definition) is 3. The summed E-state index contributed by atoms with van der Waals surface area (Å²) in [6, 6.07) is 0. The van der Waals surface area contributed by atoms with E-state index in [1.807, 2.05) is 4.98 Å². The Morgan fingerprint density at radius 2 is 1.88 bits per heavy atom. The zero-order valence-electron chi connectivity index (χ0n) is 8.62. The van der Waals surface area contributed by atoms with Crippen LogP contribution < -0.4 is 11.2 Å². The van der Waals surface area contributed by atoms with Crippen LogP contribution in [-0.2, 0) is 6.54 Å². The van der Waals surface area contributed by atoms with Crippen LogP contribution in [0.1, 0.15) is 18.5 Å². The van der Waals surface area contributed by atoms with Crippen molar-refractivity contribution in [3.63, 3.8) is 0 Å². The quantitative estimate of drug-likeness (QED) is 0.653. The summed E-state index contributed by atoms with van der Waals surface area (Å²) in [6.45, 7) is 1.40. The molecule has 1 aliphatic heterocycles. The Hall–Kier alpha value is -1.11. The van der Waals surface area contributed by atoms with Crippen molar-refractivity contribution in [1.82, 2.24) is 9.97 Å². The summed E-state index contributed by atoms with van der Waals surface area (Å²) in [4.78, 5) is 26.8. The van der Waals surface area contributed by atoms with E-state index in [9.17, 15) is 14.8 Å². The largest absolute Gasteiger partial charge is 0.326 e. The molecule has 0 unspecified atom stereocenters. The summed E-state index contributed by atoms with van der Waals surface area (Å²) in [6.07, 6.45) is 1.86. The molecule has 0 atom stereocenters. The van der Waals surface area contributed by atoms with Gasteiger partial charge in [0.15, 0.2) is 6.54 Å². The van der Waals surface area contributed by atoms with E-state index in [-0.39, 0.29) is 16.2 Å². The molecule has 7 heteroatoms. The van der Waals surface area contributed by atoms with Gasteiger partial charge < -0.3 is 4.98 Å². The SMILES string of the molecule is O=c1[nH]c(C[N+]2(O)CCCC2)c(Cl)c(=O)[nH]1. The van der Waals surface area contributed by atoms with Gasteiger partial charge in [0.05, 0.1) is 0 Å². The van der Waals surface area contributed by atoms with Crippen LogP contribution in [0, 0.1) is 0 Å². The second kappa shape index (κ2) is 4.04.